The molecule has 2 aliphatic rings. The van der Waals surface area contributed by atoms with Gasteiger partial charge in [0.15, 0.2) is 11.6 Å². The van der Waals surface area contributed by atoms with E-state index in [0.717, 1.165) is 23.3 Å². The number of piperazine rings is 1. The number of carbonyl (C=O) groups is 3. The van der Waals surface area contributed by atoms with E-state index < -0.39 is 35.7 Å². The topological polar surface area (TPSA) is 78.5 Å². The summed E-state index contributed by atoms with van der Waals surface area (Å²) in [6, 6.07) is 7.82. The predicted octanol–water partition coefficient (Wildman–Crippen LogP) is 3.69. The average Bonchev–Trinajstić information content (AvgIpc) is 3.23. The second kappa shape index (κ2) is 10.4. The Morgan fingerprint density at radius 3 is 2.22 bits per heavy atom. The monoisotopic (exact) mass is 497 g/mol. The first kappa shape index (κ1) is 25.8. The molecule has 4 rings (SSSR count). The summed E-state index contributed by atoms with van der Waals surface area (Å²) >= 11 is 0. The molecule has 2 aromatic carbocycles. The second-order valence-electron chi connectivity index (χ2n) is 10.6. The molecule has 2 N–H and O–H groups in total. The van der Waals surface area contributed by atoms with Gasteiger partial charge in [0.2, 0.25) is 17.7 Å². The van der Waals surface area contributed by atoms with E-state index in [1.807, 2.05) is 38.1 Å². The summed E-state index contributed by atoms with van der Waals surface area (Å²) < 4.78 is 28.1. The van der Waals surface area contributed by atoms with Crippen LogP contribution in [0.15, 0.2) is 42.5 Å². The SMILES string of the molecule is CC(C)C[C@@H]1C(=O)N[C@H](C2Cc3ccccc3C2)C(=O)N1[C@@H](C(=O)NC(C)C)c1ccc(F)c(F)c1. The van der Waals surface area contributed by atoms with Crippen molar-refractivity contribution in [2.24, 2.45) is 11.8 Å². The summed E-state index contributed by atoms with van der Waals surface area (Å²) in [5, 5.41) is 5.74. The molecule has 2 aromatic rings. The summed E-state index contributed by atoms with van der Waals surface area (Å²) in [5.74, 6) is -3.55. The number of benzene rings is 2. The molecule has 0 saturated carbocycles. The van der Waals surface area contributed by atoms with Crippen molar-refractivity contribution in [2.75, 3.05) is 0 Å². The zero-order valence-corrected chi connectivity index (χ0v) is 21.1. The van der Waals surface area contributed by atoms with E-state index in [4.69, 9.17) is 0 Å². The van der Waals surface area contributed by atoms with Crippen LogP contribution in [0.25, 0.3) is 0 Å². The normalized spacial score (nSPS) is 21.1. The number of carbonyl (C=O) groups excluding carboxylic acids is 3. The van der Waals surface area contributed by atoms with Gasteiger partial charge in [-0.3, -0.25) is 14.4 Å². The molecule has 0 bridgehead atoms. The fraction of sp³-hybridized carbons (Fsp3) is 0.464. The van der Waals surface area contributed by atoms with Gasteiger partial charge in [-0.25, -0.2) is 8.78 Å². The lowest BCUT2D eigenvalue weighted by Gasteiger charge is -2.45. The maximum Gasteiger partial charge on any atom is 0.247 e. The molecule has 0 radical (unpaired) electrons. The lowest BCUT2D eigenvalue weighted by Crippen LogP contribution is -2.67. The third-order valence-corrected chi connectivity index (χ3v) is 6.92. The second-order valence-corrected chi connectivity index (χ2v) is 10.6. The smallest absolute Gasteiger partial charge is 0.247 e. The van der Waals surface area contributed by atoms with E-state index in [1.165, 1.54) is 11.0 Å². The Morgan fingerprint density at radius 2 is 1.67 bits per heavy atom. The van der Waals surface area contributed by atoms with Gasteiger partial charge in [0.1, 0.15) is 18.1 Å². The zero-order chi connectivity index (χ0) is 26.1. The van der Waals surface area contributed by atoms with Crippen LogP contribution >= 0.6 is 0 Å². The Balaban J connectivity index is 1.77. The molecule has 0 spiro atoms. The fourth-order valence-corrected chi connectivity index (χ4v) is 5.36. The average molecular weight is 498 g/mol. The molecule has 1 aliphatic carbocycles. The highest BCUT2D eigenvalue weighted by Crippen LogP contribution is 2.35. The standard InChI is InChI=1S/C28H33F2N3O3/c1-15(2)11-23-26(34)32-24(20-12-17-7-5-6-8-18(17)13-20)28(36)33(23)25(27(35)31-16(3)4)19-9-10-21(29)22(30)14-19/h5-10,14-16,20,23-25H,11-13H2,1-4H3,(H,31,35)(H,32,34)/t23-,24-,25-/m1/s1. The molecular formula is C28H33F2N3O3. The number of nitrogens with one attached hydrogen (secondary N) is 2. The molecule has 0 unspecified atom stereocenters. The van der Waals surface area contributed by atoms with E-state index in [9.17, 15) is 23.2 Å². The third-order valence-electron chi connectivity index (χ3n) is 6.92. The number of fused-ring (bicyclic) bond motifs is 1. The minimum Gasteiger partial charge on any atom is -0.352 e. The molecule has 1 heterocycles. The summed E-state index contributed by atoms with van der Waals surface area (Å²) in [5.41, 5.74) is 2.39. The Bertz CT molecular complexity index is 1140. The highest BCUT2D eigenvalue weighted by molar-refractivity contribution is 6.00. The van der Waals surface area contributed by atoms with Gasteiger partial charge in [-0.2, -0.15) is 0 Å². The van der Waals surface area contributed by atoms with Gasteiger partial charge in [0.25, 0.3) is 0 Å². The fourth-order valence-electron chi connectivity index (χ4n) is 5.36. The van der Waals surface area contributed by atoms with Gasteiger partial charge in [-0.15, -0.1) is 0 Å². The molecule has 192 valence electrons. The first-order valence-electron chi connectivity index (χ1n) is 12.5. The molecule has 1 saturated heterocycles. The third kappa shape index (κ3) is 5.13. The van der Waals surface area contributed by atoms with Crippen molar-refractivity contribution in [1.82, 2.24) is 15.5 Å². The van der Waals surface area contributed by atoms with Crippen molar-refractivity contribution in [3.05, 3.63) is 70.8 Å². The maximum atomic E-state index is 14.3. The van der Waals surface area contributed by atoms with Crippen molar-refractivity contribution in [2.45, 2.75) is 71.1 Å². The van der Waals surface area contributed by atoms with Crippen molar-refractivity contribution < 1.29 is 23.2 Å². The largest absolute Gasteiger partial charge is 0.352 e. The molecule has 6 nitrogen and oxygen atoms in total. The van der Waals surface area contributed by atoms with Gasteiger partial charge in [-0.1, -0.05) is 44.2 Å². The van der Waals surface area contributed by atoms with Crippen LogP contribution in [-0.4, -0.2) is 40.7 Å². The Hall–Kier alpha value is -3.29. The first-order valence-corrected chi connectivity index (χ1v) is 12.5. The Kier molecular flexibility index (Phi) is 7.43. The van der Waals surface area contributed by atoms with Gasteiger partial charge < -0.3 is 15.5 Å². The minimum absolute atomic E-state index is 0.0436. The number of hydrogen-bond donors (Lipinski definition) is 2. The summed E-state index contributed by atoms with van der Waals surface area (Å²) in [4.78, 5) is 42.4. The van der Waals surface area contributed by atoms with Gasteiger partial charge in [-0.05, 0) is 73.8 Å². The number of amides is 3. The van der Waals surface area contributed by atoms with Crippen molar-refractivity contribution in [3.63, 3.8) is 0 Å². The van der Waals surface area contributed by atoms with Crippen LogP contribution in [0.4, 0.5) is 8.78 Å². The van der Waals surface area contributed by atoms with Crippen LogP contribution in [0.3, 0.4) is 0 Å². The first-order chi connectivity index (χ1) is 17.1. The number of rotatable bonds is 7. The van der Waals surface area contributed by atoms with E-state index >= 15 is 0 Å². The Labute approximate surface area is 210 Å². The highest BCUT2D eigenvalue weighted by atomic mass is 19.2. The summed E-state index contributed by atoms with van der Waals surface area (Å²) in [6.45, 7) is 7.40. The number of nitrogens with zero attached hydrogens (tertiary/aromatic N) is 1. The predicted molar refractivity (Wildman–Crippen MR) is 132 cm³/mol. The van der Waals surface area contributed by atoms with Crippen LogP contribution in [0.2, 0.25) is 0 Å². The van der Waals surface area contributed by atoms with Crippen LogP contribution in [0.5, 0.6) is 0 Å². The lowest BCUT2D eigenvalue weighted by molar-refractivity contribution is -0.158. The molecule has 3 amide bonds. The molecular weight excluding hydrogens is 464 g/mol. The van der Waals surface area contributed by atoms with Crippen LogP contribution < -0.4 is 10.6 Å². The van der Waals surface area contributed by atoms with Crippen LogP contribution in [-0.2, 0) is 27.2 Å². The van der Waals surface area contributed by atoms with E-state index in [2.05, 4.69) is 10.6 Å². The van der Waals surface area contributed by atoms with Gasteiger partial charge >= 0.3 is 0 Å². The zero-order valence-electron chi connectivity index (χ0n) is 21.1. The molecule has 3 atom stereocenters. The van der Waals surface area contributed by atoms with Crippen molar-refractivity contribution >= 4 is 17.7 Å². The molecule has 1 aliphatic heterocycles. The minimum atomic E-state index is -1.28. The highest BCUT2D eigenvalue weighted by Gasteiger charge is 2.49. The van der Waals surface area contributed by atoms with E-state index in [1.54, 1.807) is 13.8 Å². The number of halogens is 2. The van der Waals surface area contributed by atoms with Crippen molar-refractivity contribution in [3.8, 4) is 0 Å². The Morgan fingerprint density at radius 1 is 1.03 bits per heavy atom. The van der Waals surface area contributed by atoms with Crippen molar-refractivity contribution in [1.29, 1.82) is 0 Å². The summed E-state index contributed by atoms with van der Waals surface area (Å²) in [7, 11) is 0. The molecule has 36 heavy (non-hydrogen) atoms. The molecule has 0 aromatic heterocycles. The number of hydrogen-bond acceptors (Lipinski definition) is 3. The van der Waals surface area contributed by atoms with Gasteiger partial charge in [0.05, 0.1) is 0 Å². The molecule has 8 heteroatoms. The maximum absolute atomic E-state index is 14.3. The summed E-state index contributed by atoms with van der Waals surface area (Å²) in [6.07, 6.45) is 1.58. The van der Waals surface area contributed by atoms with Crippen LogP contribution in [0, 0.1) is 23.5 Å². The van der Waals surface area contributed by atoms with E-state index in [0.29, 0.717) is 19.3 Å². The van der Waals surface area contributed by atoms with Gasteiger partial charge in [0, 0.05) is 6.04 Å². The van der Waals surface area contributed by atoms with Crippen LogP contribution in [0.1, 0.15) is 56.8 Å². The lowest BCUT2D eigenvalue weighted by atomic mass is 9.88. The quantitative estimate of drug-likeness (QED) is 0.613. The van der Waals surface area contributed by atoms with E-state index in [-0.39, 0.29) is 35.3 Å². The molecule has 1 fully saturated rings.